The second kappa shape index (κ2) is 9.07. The second-order valence-electron chi connectivity index (χ2n) is 6.43. The molecule has 9 heteroatoms. The minimum atomic E-state index is -0.0354. The van der Waals surface area contributed by atoms with Crippen LogP contribution in [0.15, 0.2) is 24.4 Å². The number of hydrogen-bond donors (Lipinski definition) is 2. The van der Waals surface area contributed by atoms with Crippen LogP contribution in [0.1, 0.15) is 23.2 Å². The van der Waals surface area contributed by atoms with Gasteiger partial charge in [-0.25, -0.2) is 4.98 Å². The number of rotatable bonds is 6. The van der Waals surface area contributed by atoms with E-state index < -0.39 is 0 Å². The van der Waals surface area contributed by atoms with E-state index in [0.717, 1.165) is 19.4 Å². The fourth-order valence-corrected chi connectivity index (χ4v) is 3.33. The number of halogens is 1. The van der Waals surface area contributed by atoms with Crippen LogP contribution in [0.2, 0.25) is 5.02 Å². The lowest BCUT2D eigenvalue weighted by atomic mass is 10.1. The Morgan fingerprint density at radius 2 is 2.18 bits per heavy atom. The normalized spacial score (nSPS) is 16.6. The van der Waals surface area contributed by atoms with Crippen molar-refractivity contribution in [2.24, 2.45) is 0 Å². The highest BCUT2D eigenvalue weighted by Gasteiger charge is 2.25. The molecule has 28 heavy (non-hydrogen) atoms. The monoisotopic (exact) mass is 405 g/mol. The van der Waals surface area contributed by atoms with Gasteiger partial charge in [0.15, 0.2) is 0 Å². The highest BCUT2D eigenvalue weighted by Crippen LogP contribution is 2.29. The van der Waals surface area contributed by atoms with E-state index in [1.807, 2.05) is 4.90 Å². The number of ether oxygens (including phenoxy) is 2. The van der Waals surface area contributed by atoms with Crippen molar-refractivity contribution in [3.63, 3.8) is 0 Å². The number of nitrogens with one attached hydrogen (secondary N) is 2. The number of carbonyl (C=O) groups excluding carboxylic acids is 1. The summed E-state index contributed by atoms with van der Waals surface area (Å²) in [7, 11) is 4.96. The first-order valence-corrected chi connectivity index (χ1v) is 9.41. The van der Waals surface area contributed by atoms with E-state index in [0.29, 0.717) is 40.3 Å². The molecule has 3 rings (SSSR count). The molecule has 1 saturated heterocycles. The molecule has 2 N–H and O–H groups in total. The Balaban J connectivity index is 1.79. The van der Waals surface area contributed by atoms with Crippen molar-refractivity contribution < 1.29 is 14.3 Å². The zero-order valence-corrected chi connectivity index (χ0v) is 16.9. The summed E-state index contributed by atoms with van der Waals surface area (Å²) in [6, 6.07) is 5.26. The van der Waals surface area contributed by atoms with E-state index in [-0.39, 0.29) is 12.0 Å². The molecule has 0 radical (unpaired) electrons. The molecule has 0 aliphatic carbocycles. The Bertz CT molecular complexity index is 848. The van der Waals surface area contributed by atoms with Gasteiger partial charge in [-0.3, -0.25) is 4.79 Å². The summed E-state index contributed by atoms with van der Waals surface area (Å²) in [6.45, 7) is 1.33. The first-order chi connectivity index (χ1) is 13.5. The Kier molecular flexibility index (Phi) is 6.53. The second-order valence-corrected chi connectivity index (χ2v) is 6.84. The number of benzene rings is 1. The Morgan fingerprint density at radius 3 is 2.89 bits per heavy atom. The molecule has 8 nitrogen and oxygen atoms in total. The maximum atomic E-state index is 12.9. The molecule has 1 aliphatic rings. The molecule has 1 atom stereocenters. The van der Waals surface area contributed by atoms with Crippen molar-refractivity contribution in [1.29, 1.82) is 0 Å². The largest absolute Gasteiger partial charge is 0.495 e. The Labute approximate surface area is 169 Å². The lowest BCUT2D eigenvalue weighted by Gasteiger charge is -2.32. The topological polar surface area (TPSA) is 88.6 Å². The van der Waals surface area contributed by atoms with Crippen molar-refractivity contribution in [3.05, 3.63) is 35.0 Å². The van der Waals surface area contributed by atoms with Crippen molar-refractivity contribution in [3.8, 4) is 5.75 Å². The van der Waals surface area contributed by atoms with E-state index in [1.54, 1.807) is 39.5 Å². The van der Waals surface area contributed by atoms with Crippen LogP contribution in [-0.4, -0.2) is 61.2 Å². The van der Waals surface area contributed by atoms with Crippen LogP contribution in [0.3, 0.4) is 0 Å². The third kappa shape index (κ3) is 4.45. The molecule has 2 heterocycles. The number of anilines is 3. The van der Waals surface area contributed by atoms with Gasteiger partial charge in [-0.05, 0) is 31.0 Å². The van der Waals surface area contributed by atoms with Gasteiger partial charge in [-0.1, -0.05) is 11.6 Å². The number of amides is 1. The zero-order chi connectivity index (χ0) is 20.1. The van der Waals surface area contributed by atoms with E-state index in [2.05, 4.69) is 20.6 Å². The number of carbonyl (C=O) groups is 1. The molecule has 1 fully saturated rings. The predicted molar refractivity (Wildman–Crippen MR) is 109 cm³/mol. The Hall–Kier alpha value is -2.58. The quantitative estimate of drug-likeness (QED) is 0.762. The van der Waals surface area contributed by atoms with Crippen molar-refractivity contribution in [2.75, 3.05) is 45.0 Å². The lowest BCUT2D eigenvalue weighted by Crippen LogP contribution is -2.42. The van der Waals surface area contributed by atoms with Gasteiger partial charge >= 0.3 is 0 Å². The van der Waals surface area contributed by atoms with Crippen molar-refractivity contribution in [2.45, 2.75) is 18.9 Å². The summed E-state index contributed by atoms with van der Waals surface area (Å²) in [5.41, 5.74) is 1.21. The minimum Gasteiger partial charge on any atom is -0.495 e. The molecule has 1 amide bonds. The summed E-state index contributed by atoms with van der Waals surface area (Å²) >= 11 is 6.02. The maximum absolute atomic E-state index is 12.9. The molecular formula is C19H24ClN5O3. The predicted octanol–water partition coefficient (Wildman–Crippen LogP) is 3.17. The molecule has 1 aliphatic heterocycles. The van der Waals surface area contributed by atoms with Crippen LogP contribution in [-0.2, 0) is 4.74 Å². The first kappa shape index (κ1) is 20.2. The van der Waals surface area contributed by atoms with Gasteiger partial charge in [0.25, 0.3) is 5.91 Å². The van der Waals surface area contributed by atoms with Gasteiger partial charge in [0.2, 0.25) is 5.95 Å². The van der Waals surface area contributed by atoms with Crippen LogP contribution >= 0.6 is 11.6 Å². The third-order valence-electron chi connectivity index (χ3n) is 4.67. The number of nitrogens with zero attached hydrogens (tertiary/aromatic N) is 3. The molecule has 1 aromatic heterocycles. The van der Waals surface area contributed by atoms with Crippen LogP contribution in [0, 0.1) is 0 Å². The molecular weight excluding hydrogens is 382 g/mol. The first-order valence-electron chi connectivity index (χ1n) is 9.03. The number of likely N-dealkylation sites (tertiary alicyclic amines) is 1. The van der Waals surface area contributed by atoms with Gasteiger partial charge in [-0.15, -0.1) is 0 Å². The Morgan fingerprint density at radius 1 is 1.36 bits per heavy atom. The minimum absolute atomic E-state index is 0.0354. The fraction of sp³-hybridized carbons (Fsp3) is 0.421. The molecule has 0 spiro atoms. The van der Waals surface area contributed by atoms with Crippen molar-refractivity contribution in [1.82, 2.24) is 14.9 Å². The molecule has 150 valence electrons. The lowest BCUT2D eigenvalue weighted by molar-refractivity contribution is 0.0269. The number of methoxy groups -OCH3 is 2. The summed E-state index contributed by atoms with van der Waals surface area (Å²) in [4.78, 5) is 23.2. The summed E-state index contributed by atoms with van der Waals surface area (Å²) in [5, 5.41) is 6.43. The van der Waals surface area contributed by atoms with Crippen LogP contribution < -0.4 is 15.4 Å². The molecule has 0 saturated carbocycles. The number of piperidine rings is 1. The molecule has 1 aromatic carbocycles. The molecule has 0 bridgehead atoms. The maximum Gasteiger partial charge on any atom is 0.254 e. The average Bonchev–Trinajstić information content (AvgIpc) is 2.74. The highest BCUT2D eigenvalue weighted by atomic mass is 35.5. The van der Waals surface area contributed by atoms with E-state index in [1.165, 1.54) is 6.20 Å². The van der Waals surface area contributed by atoms with Gasteiger partial charge in [0, 0.05) is 32.8 Å². The third-order valence-corrected chi connectivity index (χ3v) is 4.95. The van der Waals surface area contributed by atoms with E-state index in [4.69, 9.17) is 21.1 Å². The van der Waals surface area contributed by atoms with Gasteiger partial charge in [0.1, 0.15) is 16.6 Å². The van der Waals surface area contributed by atoms with E-state index in [9.17, 15) is 4.79 Å². The highest BCUT2D eigenvalue weighted by molar-refractivity contribution is 6.32. The van der Waals surface area contributed by atoms with Crippen LogP contribution in [0.25, 0.3) is 0 Å². The van der Waals surface area contributed by atoms with Gasteiger partial charge in [-0.2, -0.15) is 4.98 Å². The fourth-order valence-electron chi connectivity index (χ4n) is 3.15. The van der Waals surface area contributed by atoms with Gasteiger partial charge in [0.05, 0.1) is 25.1 Å². The van der Waals surface area contributed by atoms with Crippen molar-refractivity contribution >= 4 is 35.0 Å². The number of hydrogen-bond acceptors (Lipinski definition) is 7. The molecule has 2 aromatic rings. The molecule has 1 unspecified atom stereocenters. The van der Waals surface area contributed by atoms with Crippen LogP contribution in [0.4, 0.5) is 17.5 Å². The van der Waals surface area contributed by atoms with Gasteiger partial charge < -0.3 is 25.0 Å². The number of aromatic nitrogens is 2. The summed E-state index contributed by atoms with van der Waals surface area (Å²) in [6.07, 6.45) is 3.50. The standard InChI is InChI=1S/C19H24ClN5O3/c1-21-17-14(20)10-22-19(24-17)23-15-7-6-12(9-16(15)28-3)18(26)25-8-4-5-13(11-25)27-2/h6-7,9-10,13H,4-5,8,11H2,1-3H3,(H2,21,22,23,24). The van der Waals surface area contributed by atoms with Crippen LogP contribution in [0.5, 0.6) is 5.75 Å². The smallest absolute Gasteiger partial charge is 0.254 e. The van der Waals surface area contributed by atoms with E-state index >= 15 is 0 Å². The zero-order valence-electron chi connectivity index (χ0n) is 16.2. The summed E-state index contributed by atoms with van der Waals surface area (Å²) in [5.74, 6) is 1.37. The average molecular weight is 406 g/mol. The SMILES string of the molecule is CNc1nc(Nc2ccc(C(=O)N3CCCC(OC)C3)cc2OC)ncc1Cl. The summed E-state index contributed by atoms with van der Waals surface area (Å²) < 4.78 is 10.9.